The number of benzene rings is 1. The van der Waals surface area contributed by atoms with Gasteiger partial charge in [0.25, 0.3) is 0 Å². The number of aryl methyl sites for hydroxylation is 1. The molecule has 0 radical (unpaired) electrons. The van der Waals surface area contributed by atoms with Gasteiger partial charge in [0.15, 0.2) is 0 Å². The molecule has 0 bridgehead atoms. The highest BCUT2D eigenvalue weighted by Crippen LogP contribution is 2.21. The van der Waals surface area contributed by atoms with Crippen LogP contribution in [-0.4, -0.2) is 15.0 Å². The number of thiophene rings is 1. The van der Waals surface area contributed by atoms with Gasteiger partial charge in [0.1, 0.15) is 0 Å². The normalized spacial score (nSPS) is 11.7. The molecule has 2 rings (SSSR count). The van der Waals surface area contributed by atoms with E-state index in [9.17, 15) is 8.42 Å². The van der Waals surface area contributed by atoms with Crippen molar-refractivity contribution in [3.63, 3.8) is 0 Å². The van der Waals surface area contributed by atoms with Crippen LogP contribution in [0.15, 0.2) is 41.3 Å². The number of hydrogen-bond donors (Lipinski definition) is 2. The second-order valence-electron chi connectivity index (χ2n) is 4.57. The van der Waals surface area contributed by atoms with Crippen LogP contribution in [0.3, 0.4) is 0 Å². The quantitative estimate of drug-likeness (QED) is 0.811. The Kier molecular flexibility index (Phi) is 5.78. The molecule has 0 amide bonds. The molecule has 0 spiro atoms. The molecule has 1 aromatic carbocycles. The molecule has 1 aromatic heterocycles. The van der Waals surface area contributed by atoms with Gasteiger partial charge in [-0.2, -0.15) is 0 Å². The van der Waals surface area contributed by atoms with Crippen LogP contribution in [-0.2, 0) is 23.0 Å². The van der Waals surface area contributed by atoms with E-state index in [2.05, 4.69) is 4.72 Å². The summed E-state index contributed by atoms with van der Waals surface area (Å²) >= 11 is 7.18. The van der Waals surface area contributed by atoms with E-state index in [-0.39, 0.29) is 11.4 Å². The van der Waals surface area contributed by atoms with Gasteiger partial charge in [0.2, 0.25) is 10.0 Å². The second-order valence-corrected chi connectivity index (χ2v) is 8.13. The number of sulfonamides is 1. The van der Waals surface area contributed by atoms with Gasteiger partial charge in [-0.05, 0) is 49.2 Å². The molecular weight excluding hydrogens is 328 g/mol. The molecule has 0 aliphatic carbocycles. The van der Waals surface area contributed by atoms with Crippen molar-refractivity contribution in [2.24, 2.45) is 5.73 Å². The van der Waals surface area contributed by atoms with Crippen LogP contribution in [0.5, 0.6) is 0 Å². The lowest BCUT2D eigenvalue weighted by Crippen LogP contribution is -2.22. The topological polar surface area (TPSA) is 72.2 Å². The predicted molar refractivity (Wildman–Crippen MR) is 87.2 cm³/mol. The number of rotatable bonds is 7. The molecule has 0 unspecified atom stereocenters. The van der Waals surface area contributed by atoms with Gasteiger partial charge < -0.3 is 5.73 Å². The van der Waals surface area contributed by atoms with Crippen LogP contribution >= 0.6 is 22.9 Å². The summed E-state index contributed by atoms with van der Waals surface area (Å²) in [6.45, 7) is 0.875. The lowest BCUT2D eigenvalue weighted by atomic mass is 10.1. The molecule has 4 nitrogen and oxygen atoms in total. The summed E-state index contributed by atoms with van der Waals surface area (Å²) in [5.74, 6) is 0. The third-order valence-corrected chi connectivity index (χ3v) is 5.62. The highest BCUT2D eigenvalue weighted by Gasteiger charge is 2.13. The summed E-state index contributed by atoms with van der Waals surface area (Å²) in [6.07, 6.45) is 1.75. The molecule has 0 saturated heterocycles. The summed E-state index contributed by atoms with van der Waals surface area (Å²) in [5.41, 5.74) is 6.55. The number of nitrogens with one attached hydrogen (secondary N) is 1. The molecule has 114 valence electrons. The van der Waals surface area contributed by atoms with Gasteiger partial charge >= 0.3 is 0 Å². The molecule has 7 heteroatoms. The Hall–Kier alpha value is -0.920. The summed E-state index contributed by atoms with van der Waals surface area (Å²) in [4.78, 5) is 1.14. The van der Waals surface area contributed by atoms with Crippen molar-refractivity contribution >= 4 is 33.0 Å². The molecule has 0 saturated carbocycles. The molecule has 0 aliphatic rings. The fraction of sp³-hybridized carbons (Fsp3) is 0.286. The monoisotopic (exact) mass is 344 g/mol. The van der Waals surface area contributed by atoms with E-state index in [1.807, 2.05) is 18.2 Å². The van der Waals surface area contributed by atoms with E-state index in [1.54, 1.807) is 18.2 Å². The van der Waals surface area contributed by atoms with Gasteiger partial charge in [-0.25, -0.2) is 13.1 Å². The van der Waals surface area contributed by atoms with E-state index in [1.165, 1.54) is 11.3 Å². The summed E-state index contributed by atoms with van der Waals surface area (Å²) < 4.78 is 27.6. The van der Waals surface area contributed by atoms with E-state index in [0.717, 1.165) is 23.3 Å². The first kappa shape index (κ1) is 16.5. The molecule has 0 fully saturated rings. The molecular formula is C14H17ClN2O2S2. The van der Waals surface area contributed by atoms with Gasteiger partial charge in [-0.3, -0.25) is 0 Å². The maximum absolute atomic E-state index is 12.2. The number of hydrogen-bond acceptors (Lipinski definition) is 4. The van der Waals surface area contributed by atoms with Gasteiger partial charge in [0.05, 0.1) is 9.23 Å². The Balaban J connectivity index is 2.01. The molecule has 3 N–H and O–H groups in total. The first-order chi connectivity index (χ1) is 10.0. The number of halogens is 1. The van der Waals surface area contributed by atoms with Crippen molar-refractivity contribution in [1.82, 2.24) is 4.72 Å². The highest BCUT2D eigenvalue weighted by atomic mass is 35.5. The Bertz CT molecular complexity index is 681. The standard InChI is InChI=1S/C14H17ClN2O2S2/c15-14-8-5-12(20-14)10-17-21(18,19)13-6-3-11(4-7-13)2-1-9-16/h3-8,17H,1-2,9-10,16H2. The predicted octanol–water partition coefficient (Wildman–Crippen LogP) is 2.77. The van der Waals surface area contributed by atoms with Crippen LogP contribution in [0, 0.1) is 0 Å². The maximum atomic E-state index is 12.2. The Morgan fingerprint density at radius 3 is 2.43 bits per heavy atom. The number of nitrogens with two attached hydrogens (primary N) is 1. The average Bonchev–Trinajstić information content (AvgIpc) is 2.89. The van der Waals surface area contributed by atoms with E-state index < -0.39 is 10.0 Å². The zero-order chi connectivity index (χ0) is 15.3. The lowest BCUT2D eigenvalue weighted by Gasteiger charge is -2.07. The maximum Gasteiger partial charge on any atom is 0.240 e. The SMILES string of the molecule is NCCCc1ccc(S(=O)(=O)NCc2ccc(Cl)s2)cc1. The third-order valence-electron chi connectivity index (χ3n) is 2.97. The lowest BCUT2D eigenvalue weighted by molar-refractivity contribution is 0.582. The van der Waals surface area contributed by atoms with Crippen molar-refractivity contribution in [2.75, 3.05) is 6.54 Å². The van der Waals surface area contributed by atoms with Crippen LogP contribution < -0.4 is 10.5 Å². The van der Waals surface area contributed by atoms with Crippen molar-refractivity contribution in [3.05, 3.63) is 51.2 Å². The minimum atomic E-state index is -3.50. The van der Waals surface area contributed by atoms with Crippen LogP contribution in [0.1, 0.15) is 16.9 Å². The first-order valence-electron chi connectivity index (χ1n) is 6.54. The zero-order valence-electron chi connectivity index (χ0n) is 11.4. The minimum absolute atomic E-state index is 0.245. The summed E-state index contributed by atoms with van der Waals surface area (Å²) in [7, 11) is -3.50. The smallest absolute Gasteiger partial charge is 0.240 e. The van der Waals surface area contributed by atoms with Crippen molar-refractivity contribution in [2.45, 2.75) is 24.3 Å². The molecule has 1 heterocycles. The van der Waals surface area contributed by atoms with Crippen molar-refractivity contribution < 1.29 is 8.42 Å². The first-order valence-corrected chi connectivity index (χ1v) is 9.22. The van der Waals surface area contributed by atoms with Crippen molar-refractivity contribution in [3.8, 4) is 0 Å². The van der Waals surface area contributed by atoms with Gasteiger partial charge in [0, 0.05) is 11.4 Å². The largest absolute Gasteiger partial charge is 0.330 e. The Labute approximate surface area is 134 Å². The summed E-state index contributed by atoms with van der Waals surface area (Å²) in [5, 5.41) is 0. The average molecular weight is 345 g/mol. The van der Waals surface area contributed by atoms with Crippen molar-refractivity contribution in [1.29, 1.82) is 0 Å². The van der Waals surface area contributed by atoms with Gasteiger partial charge in [-0.1, -0.05) is 23.7 Å². The van der Waals surface area contributed by atoms with Crippen LogP contribution in [0.4, 0.5) is 0 Å². The van der Waals surface area contributed by atoms with Crippen LogP contribution in [0.25, 0.3) is 0 Å². The minimum Gasteiger partial charge on any atom is -0.330 e. The van der Waals surface area contributed by atoms with E-state index >= 15 is 0 Å². The molecule has 21 heavy (non-hydrogen) atoms. The van der Waals surface area contributed by atoms with E-state index in [4.69, 9.17) is 17.3 Å². The van der Waals surface area contributed by atoms with E-state index in [0.29, 0.717) is 10.9 Å². The molecule has 0 aliphatic heterocycles. The fourth-order valence-corrected chi connectivity index (χ4v) is 3.96. The third kappa shape index (κ3) is 4.79. The highest BCUT2D eigenvalue weighted by molar-refractivity contribution is 7.89. The molecule has 0 atom stereocenters. The Morgan fingerprint density at radius 2 is 1.86 bits per heavy atom. The zero-order valence-corrected chi connectivity index (χ0v) is 13.8. The van der Waals surface area contributed by atoms with Crippen LogP contribution in [0.2, 0.25) is 4.34 Å². The summed E-state index contributed by atoms with van der Waals surface area (Å²) in [6, 6.07) is 10.5. The Morgan fingerprint density at radius 1 is 1.14 bits per heavy atom. The second kappa shape index (κ2) is 7.38. The fourth-order valence-electron chi connectivity index (χ4n) is 1.84. The molecule has 2 aromatic rings. The van der Waals surface area contributed by atoms with Gasteiger partial charge in [-0.15, -0.1) is 11.3 Å².